The van der Waals surface area contributed by atoms with Crippen molar-refractivity contribution in [3.8, 4) is 5.75 Å². The van der Waals surface area contributed by atoms with Crippen LogP contribution in [-0.2, 0) is 9.53 Å². The van der Waals surface area contributed by atoms with Crippen molar-refractivity contribution in [2.45, 2.75) is 45.6 Å². The number of anilines is 2. The number of epoxide rings is 1. The van der Waals surface area contributed by atoms with E-state index in [1.165, 1.54) is 0 Å². The first kappa shape index (κ1) is 19.7. The Bertz CT molecular complexity index is 896. The predicted octanol–water partition coefficient (Wildman–Crippen LogP) is 3.73. The van der Waals surface area contributed by atoms with Crippen LogP contribution in [0.1, 0.15) is 27.3 Å². The molecule has 2 heterocycles. The highest BCUT2D eigenvalue weighted by Crippen LogP contribution is 2.39. The summed E-state index contributed by atoms with van der Waals surface area (Å²) >= 11 is 0. The molecule has 3 unspecified atom stereocenters. The number of hydrogen-bond acceptors (Lipinski definition) is 5. The number of aryl methyl sites for hydroxylation is 2. The normalized spacial score (nSPS) is 22.6. The van der Waals surface area contributed by atoms with E-state index in [9.17, 15) is 4.79 Å². The topological polar surface area (TPSA) is 66.1 Å². The second-order valence-corrected chi connectivity index (χ2v) is 7.85. The summed E-state index contributed by atoms with van der Waals surface area (Å²) in [6.07, 6.45) is 1.00. The van der Waals surface area contributed by atoms with Gasteiger partial charge < -0.3 is 19.7 Å². The average molecular weight is 400 g/mol. The quantitative estimate of drug-likeness (QED) is 0.695. The Hall–Kier alpha value is -2.57. The van der Waals surface area contributed by atoms with E-state index in [0.29, 0.717) is 6.54 Å². The maximum absolute atomic E-state index is 12.8. The lowest BCUT2D eigenvalue weighted by Crippen LogP contribution is -2.47. The van der Waals surface area contributed by atoms with Crippen molar-refractivity contribution < 1.29 is 17.1 Å². The molecule has 29 heavy (non-hydrogen) atoms. The first-order valence-corrected chi connectivity index (χ1v) is 10.3. The van der Waals surface area contributed by atoms with Gasteiger partial charge in [0.05, 0.1) is 18.8 Å². The Morgan fingerprint density at radius 2 is 2.07 bits per heavy atom. The van der Waals surface area contributed by atoms with Crippen LogP contribution in [0.2, 0.25) is 0 Å². The highest BCUT2D eigenvalue weighted by molar-refractivity contribution is 5.94. The van der Waals surface area contributed by atoms with E-state index in [2.05, 4.69) is 22.5 Å². The number of nitrogens with one attached hydrogen (secondary N) is 2. The molecule has 3 atom stereocenters. The molecule has 158 valence electrons. The summed E-state index contributed by atoms with van der Waals surface area (Å²) in [6.45, 7) is 8.01. The van der Waals surface area contributed by atoms with Crippen LogP contribution in [0.15, 0.2) is 42.5 Å². The van der Waals surface area contributed by atoms with Crippen LogP contribution in [0.4, 0.5) is 11.4 Å². The van der Waals surface area contributed by atoms with Crippen molar-refractivity contribution in [1.29, 1.82) is 0 Å². The van der Waals surface area contributed by atoms with Gasteiger partial charge >= 0.3 is 0 Å². The first-order valence-electron chi connectivity index (χ1n) is 10.3. The van der Waals surface area contributed by atoms with Crippen LogP contribution < -0.4 is 20.3 Å². The van der Waals surface area contributed by atoms with Gasteiger partial charge in [0.2, 0.25) is 5.91 Å². The average Bonchev–Trinajstić information content (AvgIpc) is 3.46. The summed E-state index contributed by atoms with van der Waals surface area (Å²) in [4.78, 5) is 14.9. The van der Waals surface area contributed by atoms with Crippen LogP contribution in [0.5, 0.6) is 5.75 Å². The van der Waals surface area contributed by atoms with Crippen molar-refractivity contribution in [2.24, 2.45) is 0 Å². The van der Waals surface area contributed by atoms with E-state index in [1.807, 2.05) is 56.3 Å². The van der Waals surface area contributed by atoms with Gasteiger partial charge in [0.1, 0.15) is 24.2 Å². The molecule has 2 N–H and O–H groups in total. The third-order valence-corrected chi connectivity index (χ3v) is 5.32. The third-order valence-electron chi connectivity index (χ3n) is 5.32. The predicted molar refractivity (Wildman–Crippen MR) is 119 cm³/mol. The van der Waals surface area contributed by atoms with Crippen molar-refractivity contribution in [3.63, 3.8) is 0 Å². The maximum atomic E-state index is 12.8. The Morgan fingerprint density at radius 1 is 1.24 bits per heavy atom. The second-order valence-electron chi connectivity index (χ2n) is 7.85. The lowest BCUT2D eigenvalue weighted by atomic mass is 10.1. The molecule has 1 amide bonds. The van der Waals surface area contributed by atoms with Crippen LogP contribution in [0.25, 0.3) is 0 Å². The molecule has 6 nitrogen and oxygen atoms in total. The van der Waals surface area contributed by atoms with Crippen LogP contribution in [-0.4, -0.2) is 44.0 Å². The Labute approximate surface area is 175 Å². The monoisotopic (exact) mass is 399 g/mol. The molecule has 2 aromatic carbocycles. The fourth-order valence-corrected chi connectivity index (χ4v) is 3.91. The molecule has 1 fully saturated rings. The molecule has 1 saturated heterocycles. The van der Waals surface area contributed by atoms with E-state index in [1.54, 1.807) is 0 Å². The van der Waals surface area contributed by atoms with E-state index >= 15 is 0 Å². The maximum Gasteiger partial charge on any atom is 0.243 e. The fraction of sp³-hybridized carbons (Fsp3) is 0.435. The van der Waals surface area contributed by atoms with Crippen LogP contribution in [0, 0.1) is 13.8 Å². The third kappa shape index (κ3) is 4.54. The number of ether oxygens (including phenoxy) is 2. The SMILES string of the molecule is CCCNC1OC1C1CN(CC(=O)Nc2cccc(C)c2)c2c(C)cccc2O1.[HH].[HH]. The molecule has 0 bridgehead atoms. The van der Waals surface area contributed by atoms with Gasteiger partial charge in [-0.2, -0.15) is 0 Å². The summed E-state index contributed by atoms with van der Waals surface area (Å²) in [6, 6.07) is 13.9. The molecule has 2 aliphatic rings. The molecule has 2 aliphatic heterocycles. The van der Waals surface area contributed by atoms with Crippen LogP contribution >= 0.6 is 0 Å². The van der Waals surface area contributed by atoms with Crippen molar-refractivity contribution in [2.75, 3.05) is 29.9 Å². The van der Waals surface area contributed by atoms with Gasteiger partial charge in [0, 0.05) is 8.54 Å². The van der Waals surface area contributed by atoms with Gasteiger partial charge in [-0.25, -0.2) is 0 Å². The number of para-hydroxylation sites is 1. The Kier molecular flexibility index (Phi) is 5.74. The zero-order valence-corrected chi connectivity index (χ0v) is 17.3. The molecule has 6 heteroatoms. The lowest BCUT2D eigenvalue weighted by molar-refractivity contribution is -0.115. The molecule has 0 radical (unpaired) electrons. The summed E-state index contributed by atoms with van der Waals surface area (Å²) in [7, 11) is 0. The lowest BCUT2D eigenvalue weighted by Gasteiger charge is -2.36. The van der Waals surface area contributed by atoms with Gasteiger partial charge in [-0.1, -0.05) is 31.2 Å². The molecular formula is C23H33N3O3. The van der Waals surface area contributed by atoms with E-state index < -0.39 is 0 Å². The molecule has 0 aliphatic carbocycles. The highest BCUT2D eigenvalue weighted by atomic mass is 16.6. The number of amides is 1. The van der Waals surface area contributed by atoms with Gasteiger partial charge in [-0.05, 0) is 56.1 Å². The van der Waals surface area contributed by atoms with Crippen molar-refractivity contribution >= 4 is 17.3 Å². The zero-order valence-electron chi connectivity index (χ0n) is 17.3. The van der Waals surface area contributed by atoms with E-state index in [-0.39, 0.29) is 33.7 Å². The standard InChI is InChI=1S/C23H29N3O3.2H2/c1-4-11-24-23-22(29-23)19-13-26(21-16(3)8-6-10-18(21)28-19)14-20(27)25-17-9-5-7-15(2)12-17;;/h5-10,12,19,22-24H,4,11,13-14H2,1-3H3,(H,25,27);2*1H. The Morgan fingerprint density at radius 3 is 2.86 bits per heavy atom. The Balaban J connectivity index is 0.00000171. The van der Waals surface area contributed by atoms with Gasteiger partial charge in [0.15, 0.2) is 0 Å². The van der Waals surface area contributed by atoms with Gasteiger partial charge in [0.25, 0.3) is 0 Å². The molecular weight excluding hydrogens is 366 g/mol. The number of benzene rings is 2. The largest absolute Gasteiger partial charge is 0.483 e. The number of rotatable bonds is 7. The summed E-state index contributed by atoms with van der Waals surface area (Å²) in [5.74, 6) is 0.775. The highest BCUT2D eigenvalue weighted by Gasteiger charge is 2.48. The molecule has 0 spiro atoms. The van der Waals surface area contributed by atoms with E-state index in [4.69, 9.17) is 9.47 Å². The summed E-state index contributed by atoms with van der Waals surface area (Å²) in [5, 5.41) is 6.39. The molecule has 0 aromatic heterocycles. The van der Waals surface area contributed by atoms with Crippen molar-refractivity contribution in [1.82, 2.24) is 5.32 Å². The number of nitrogens with zero attached hydrogens (tertiary/aromatic N) is 1. The van der Waals surface area contributed by atoms with Crippen molar-refractivity contribution in [3.05, 3.63) is 53.6 Å². The molecule has 2 aromatic rings. The van der Waals surface area contributed by atoms with Gasteiger partial charge in [-0.3, -0.25) is 10.1 Å². The smallest absolute Gasteiger partial charge is 0.243 e. The molecule has 4 rings (SSSR count). The minimum atomic E-state index is -0.106. The van der Waals surface area contributed by atoms with Crippen LogP contribution in [0.3, 0.4) is 0 Å². The summed E-state index contributed by atoms with van der Waals surface area (Å²) in [5.41, 5.74) is 4.02. The number of carbonyl (C=O) groups is 1. The number of hydrogen-bond donors (Lipinski definition) is 2. The summed E-state index contributed by atoms with van der Waals surface area (Å²) < 4.78 is 12.1. The minimum Gasteiger partial charge on any atom is -0.483 e. The minimum absolute atomic E-state index is 0. The number of fused-ring (bicyclic) bond motifs is 1. The first-order chi connectivity index (χ1) is 14.0. The zero-order chi connectivity index (χ0) is 20.4. The second kappa shape index (κ2) is 8.43. The molecule has 0 saturated carbocycles. The van der Waals surface area contributed by atoms with Gasteiger partial charge in [-0.15, -0.1) is 0 Å². The fourth-order valence-electron chi connectivity index (χ4n) is 3.91. The van der Waals surface area contributed by atoms with E-state index in [0.717, 1.165) is 41.2 Å². The number of carbonyl (C=O) groups excluding carboxylic acids is 1.